The van der Waals surface area contributed by atoms with Crippen molar-refractivity contribution in [3.63, 3.8) is 0 Å². The third-order valence-corrected chi connectivity index (χ3v) is 3.50. The molecule has 1 heterocycles. The zero-order valence-corrected chi connectivity index (χ0v) is 13.1. The highest BCUT2D eigenvalue weighted by Gasteiger charge is 2.25. The average Bonchev–Trinajstić information content (AvgIpc) is 2.44. The molecule has 21 heavy (non-hydrogen) atoms. The van der Waals surface area contributed by atoms with E-state index in [1.165, 1.54) is 0 Å². The van der Waals surface area contributed by atoms with Crippen LogP contribution in [0.25, 0.3) is 0 Å². The molecule has 2 N–H and O–H groups in total. The predicted octanol–water partition coefficient (Wildman–Crippen LogP) is 1.58. The lowest BCUT2D eigenvalue weighted by Crippen LogP contribution is -2.46. The molecule has 0 aromatic carbocycles. The van der Waals surface area contributed by atoms with E-state index in [9.17, 15) is 9.59 Å². The Morgan fingerprint density at radius 1 is 1.33 bits per heavy atom. The largest absolute Gasteiger partial charge is 0.480 e. The van der Waals surface area contributed by atoms with Crippen LogP contribution in [0.1, 0.15) is 46.5 Å². The summed E-state index contributed by atoms with van der Waals surface area (Å²) in [6.07, 6.45) is 2.90. The van der Waals surface area contributed by atoms with Crippen molar-refractivity contribution in [1.29, 1.82) is 0 Å². The van der Waals surface area contributed by atoms with E-state index < -0.39 is 18.1 Å². The number of carboxylic acid groups (broad SMARTS) is 1. The van der Waals surface area contributed by atoms with Crippen LogP contribution >= 0.6 is 0 Å². The van der Waals surface area contributed by atoms with Crippen molar-refractivity contribution < 1.29 is 24.2 Å². The fourth-order valence-corrected chi connectivity index (χ4v) is 2.25. The minimum absolute atomic E-state index is 0.0416. The number of carbonyl (C=O) groups is 2. The minimum atomic E-state index is -1.01. The number of carboxylic acids is 1. The summed E-state index contributed by atoms with van der Waals surface area (Å²) in [4.78, 5) is 23.1. The van der Waals surface area contributed by atoms with Gasteiger partial charge in [-0.3, -0.25) is 4.79 Å². The van der Waals surface area contributed by atoms with Gasteiger partial charge in [0.25, 0.3) is 0 Å². The number of ether oxygens (including phenoxy) is 2. The molecule has 0 aliphatic carbocycles. The average molecular weight is 301 g/mol. The van der Waals surface area contributed by atoms with E-state index in [4.69, 9.17) is 14.6 Å². The maximum Gasteiger partial charge on any atom is 0.326 e. The van der Waals surface area contributed by atoms with Gasteiger partial charge in [0.05, 0.1) is 12.7 Å². The second kappa shape index (κ2) is 9.00. The first-order chi connectivity index (χ1) is 9.90. The van der Waals surface area contributed by atoms with Gasteiger partial charge in [0.15, 0.2) is 0 Å². The lowest BCUT2D eigenvalue weighted by Gasteiger charge is -2.24. The third-order valence-electron chi connectivity index (χ3n) is 3.50. The lowest BCUT2D eigenvalue weighted by molar-refractivity contribution is -0.145. The standard InChI is InChI=1S/C15H27NO5/c1-10(2)8-13(15(18)19)16-14(17)11(3)21-9-12-6-4-5-7-20-12/h10-13H,4-9H2,1-3H3,(H,16,17)(H,18,19)/t11?,12?,13-/m1/s1. The molecule has 6 heteroatoms. The molecule has 0 saturated carbocycles. The minimum Gasteiger partial charge on any atom is -0.480 e. The van der Waals surface area contributed by atoms with E-state index in [-0.39, 0.29) is 17.9 Å². The molecule has 6 nitrogen and oxygen atoms in total. The highest BCUT2D eigenvalue weighted by Crippen LogP contribution is 2.13. The third kappa shape index (κ3) is 6.91. The topological polar surface area (TPSA) is 84.9 Å². The normalized spacial score (nSPS) is 21.8. The number of aliphatic carboxylic acids is 1. The number of hydrogen-bond donors (Lipinski definition) is 2. The Kier molecular flexibility index (Phi) is 7.67. The van der Waals surface area contributed by atoms with Crippen LogP contribution in [0.15, 0.2) is 0 Å². The molecule has 1 rings (SSSR count). The van der Waals surface area contributed by atoms with Crippen LogP contribution < -0.4 is 5.32 Å². The van der Waals surface area contributed by atoms with Gasteiger partial charge in [-0.15, -0.1) is 0 Å². The Labute approximate surface area is 126 Å². The summed E-state index contributed by atoms with van der Waals surface area (Å²) in [5, 5.41) is 11.6. The van der Waals surface area contributed by atoms with Crippen molar-refractivity contribution in [2.75, 3.05) is 13.2 Å². The molecule has 1 fully saturated rings. The molecule has 1 amide bonds. The molecule has 3 atom stereocenters. The summed E-state index contributed by atoms with van der Waals surface area (Å²) in [7, 11) is 0. The van der Waals surface area contributed by atoms with Crippen LogP contribution in [0.5, 0.6) is 0 Å². The monoisotopic (exact) mass is 301 g/mol. The van der Waals surface area contributed by atoms with Crippen LogP contribution in [0.2, 0.25) is 0 Å². The van der Waals surface area contributed by atoms with Crippen LogP contribution in [0.3, 0.4) is 0 Å². The molecule has 1 saturated heterocycles. The van der Waals surface area contributed by atoms with Gasteiger partial charge in [0, 0.05) is 6.61 Å². The molecular formula is C15H27NO5. The van der Waals surface area contributed by atoms with Crippen molar-refractivity contribution in [3.8, 4) is 0 Å². The zero-order chi connectivity index (χ0) is 15.8. The smallest absolute Gasteiger partial charge is 0.326 e. The number of hydrogen-bond acceptors (Lipinski definition) is 4. The Morgan fingerprint density at radius 3 is 2.57 bits per heavy atom. The Bertz CT molecular complexity index is 339. The van der Waals surface area contributed by atoms with E-state index in [0.29, 0.717) is 13.0 Å². The maximum absolute atomic E-state index is 12.0. The van der Waals surface area contributed by atoms with Gasteiger partial charge < -0.3 is 19.9 Å². The van der Waals surface area contributed by atoms with E-state index in [2.05, 4.69) is 5.32 Å². The number of nitrogens with one attached hydrogen (secondary N) is 1. The molecule has 0 bridgehead atoms. The molecule has 0 aromatic heterocycles. The summed E-state index contributed by atoms with van der Waals surface area (Å²) < 4.78 is 11.0. The summed E-state index contributed by atoms with van der Waals surface area (Å²) in [6.45, 7) is 6.58. The summed E-state index contributed by atoms with van der Waals surface area (Å²) in [6, 6.07) is -0.866. The number of carbonyl (C=O) groups excluding carboxylic acids is 1. The number of amides is 1. The van der Waals surface area contributed by atoms with Crippen LogP contribution in [0.4, 0.5) is 0 Å². The van der Waals surface area contributed by atoms with E-state index in [0.717, 1.165) is 25.9 Å². The van der Waals surface area contributed by atoms with Crippen molar-refractivity contribution in [3.05, 3.63) is 0 Å². The van der Waals surface area contributed by atoms with Crippen LogP contribution in [-0.2, 0) is 19.1 Å². The van der Waals surface area contributed by atoms with Crippen molar-refractivity contribution in [2.45, 2.75) is 64.7 Å². The second-order valence-electron chi connectivity index (χ2n) is 5.99. The van der Waals surface area contributed by atoms with Crippen molar-refractivity contribution in [2.24, 2.45) is 5.92 Å². The van der Waals surface area contributed by atoms with E-state index in [1.54, 1.807) is 6.92 Å². The predicted molar refractivity (Wildman–Crippen MR) is 78.0 cm³/mol. The molecule has 0 spiro atoms. The first kappa shape index (κ1) is 17.9. The second-order valence-corrected chi connectivity index (χ2v) is 5.99. The number of rotatable bonds is 8. The summed E-state index contributed by atoms with van der Waals surface area (Å²) in [5.74, 6) is -1.21. The Morgan fingerprint density at radius 2 is 2.05 bits per heavy atom. The molecule has 0 radical (unpaired) electrons. The first-order valence-electron chi connectivity index (χ1n) is 7.66. The summed E-state index contributed by atoms with van der Waals surface area (Å²) >= 11 is 0. The van der Waals surface area contributed by atoms with Gasteiger partial charge in [-0.2, -0.15) is 0 Å². The highest BCUT2D eigenvalue weighted by atomic mass is 16.5. The van der Waals surface area contributed by atoms with Gasteiger partial charge in [0.1, 0.15) is 12.1 Å². The lowest BCUT2D eigenvalue weighted by atomic mass is 10.0. The van der Waals surface area contributed by atoms with Gasteiger partial charge >= 0.3 is 5.97 Å². The SMILES string of the molecule is CC(C)C[C@@H](NC(=O)C(C)OCC1CCCCO1)C(=O)O. The Balaban J connectivity index is 2.35. The first-order valence-corrected chi connectivity index (χ1v) is 7.66. The van der Waals surface area contributed by atoms with Gasteiger partial charge in [0.2, 0.25) is 5.91 Å². The fourth-order valence-electron chi connectivity index (χ4n) is 2.25. The van der Waals surface area contributed by atoms with Gasteiger partial charge in [-0.05, 0) is 38.5 Å². The van der Waals surface area contributed by atoms with E-state index in [1.807, 2.05) is 13.8 Å². The van der Waals surface area contributed by atoms with Crippen molar-refractivity contribution in [1.82, 2.24) is 5.32 Å². The van der Waals surface area contributed by atoms with Gasteiger partial charge in [-0.1, -0.05) is 13.8 Å². The maximum atomic E-state index is 12.0. The molecule has 122 valence electrons. The quantitative estimate of drug-likeness (QED) is 0.711. The molecule has 2 unspecified atom stereocenters. The Hall–Kier alpha value is -1.14. The molecule has 0 aromatic rings. The molecule has 1 aliphatic rings. The molecular weight excluding hydrogens is 274 g/mol. The van der Waals surface area contributed by atoms with Gasteiger partial charge in [-0.25, -0.2) is 4.79 Å². The fraction of sp³-hybridized carbons (Fsp3) is 0.867. The van der Waals surface area contributed by atoms with Crippen LogP contribution in [0, 0.1) is 5.92 Å². The molecule has 1 aliphatic heterocycles. The summed E-state index contributed by atoms with van der Waals surface area (Å²) in [5.41, 5.74) is 0. The van der Waals surface area contributed by atoms with Crippen LogP contribution in [-0.4, -0.2) is 48.4 Å². The highest BCUT2D eigenvalue weighted by molar-refractivity contribution is 5.86. The van der Waals surface area contributed by atoms with E-state index >= 15 is 0 Å². The zero-order valence-electron chi connectivity index (χ0n) is 13.1. The van der Waals surface area contributed by atoms with Crippen molar-refractivity contribution >= 4 is 11.9 Å².